The van der Waals surface area contributed by atoms with Gasteiger partial charge < -0.3 is 5.11 Å². The van der Waals surface area contributed by atoms with Gasteiger partial charge in [-0.3, -0.25) is 0 Å². The first-order valence-electron chi connectivity index (χ1n) is 4.75. The lowest BCUT2D eigenvalue weighted by Gasteiger charge is -2.08. The average Bonchev–Trinajstić information content (AvgIpc) is 2.88. The highest BCUT2D eigenvalue weighted by Crippen LogP contribution is 2.30. The Kier molecular flexibility index (Phi) is 2.94. The lowest BCUT2D eigenvalue weighted by Crippen LogP contribution is -2.07. The maximum absolute atomic E-state index is 13.3. The van der Waals surface area contributed by atoms with Gasteiger partial charge in [-0.15, -0.1) is 0 Å². The molecule has 0 heterocycles. The standard InChI is InChI=1S/C12H5F5O/c13-7-6(12(18)5-3-1-2-4-5)8(14)10(16)11(17)9(7)15/h1-4,18H. The minimum Gasteiger partial charge on any atom is -0.506 e. The fraction of sp³-hybridized carbons (Fsp3) is 0. The summed E-state index contributed by atoms with van der Waals surface area (Å²) < 4.78 is 65.3. The highest BCUT2D eigenvalue weighted by molar-refractivity contribution is 5.70. The third-order valence-corrected chi connectivity index (χ3v) is 2.38. The van der Waals surface area contributed by atoms with Crippen molar-refractivity contribution < 1.29 is 27.1 Å². The van der Waals surface area contributed by atoms with Gasteiger partial charge in [-0.25, -0.2) is 22.0 Å². The number of benzene rings is 1. The first kappa shape index (κ1) is 12.3. The Balaban J connectivity index is 2.77. The number of allylic oxidation sites excluding steroid dienone is 5. The molecule has 0 amide bonds. The van der Waals surface area contributed by atoms with Gasteiger partial charge >= 0.3 is 0 Å². The lowest BCUT2D eigenvalue weighted by molar-refractivity contribution is 0.370. The predicted octanol–water partition coefficient (Wildman–Crippen LogP) is 3.78. The third-order valence-electron chi connectivity index (χ3n) is 2.38. The van der Waals surface area contributed by atoms with Crippen LogP contribution in [0.25, 0.3) is 5.76 Å². The van der Waals surface area contributed by atoms with Gasteiger partial charge in [-0.1, -0.05) is 24.3 Å². The summed E-state index contributed by atoms with van der Waals surface area (Å²) in [5.41, 5.74) is -1.38. The Morgan fingerprint density at radius 3 is 1.56 bits per heavy atom. The first-order valence-corrected chi connectivity index (χ1v) is 4.75. The molecule has 2 rings (SSSR count). The van der Waals surface area contributed by atoms with Crippen molar-refractivity contribution >= 4 is 5.76 Å². The smallest absolute Gasteiger partial charge is 0.200 e. The van der Waals surface area contributed by atoms with Crippen LogP contribution in [0.1, 0.15) is 5.56 Å². The Morgan fingerprint density at radius 2 is 1.11 bits per heavy atom. The van der Waals surface area contributed by atoms with Crippen molar-refractivity contribution in [2.24, 2.45) is 0 Å². The second kappa shape index (κ2) is 4.29. The normalized spacial score (nSPS) is 13.5. The van der Waals surface area contributed by atoms with E-state index in [0.29, 0.717) is 0 Å². The Morgan fingerprint density at radius 1 is 0.722 bits per heavy atom. The van der Waals surface area contributed by atoms with Gasteiger partial charge in [0.25, 0.3) is 0 Å². The van der Waals surface area contributed by atoms with Crippen molar-refractivity contribution in [3.8, 4) is 0 Å². The third kappa shape index (κ3) is 1.70. The number of halogens is 5. The SMILES string of the molecule is OC(=C1C=CC=C1)c1c(F)c(F)c(F)c(F)c1F. The van der Waals surface area contributed by atoms with E-state index in [0.717, 1.165) is 0 Å². The van der Waals surface area contributed by atoms with Crippen molar-refractivity contribution in [2.75, 3.05) is 0 Å². The summed E-state index contributed by atoms with van der Waals surface area (Å²) in [4.78, 5) is 0. The summed E-state index contributed by atoms with van der Waals surface area (Å²) in [6.45, 7) is 0. The Hall–Kier alpha value is -2.11. The van der Waals surface area contributed by atoms with E-state index in [1.54, 1.807) is 0 Å². The first-order chi connectivity index (χ1) is 8.45. The molecule has 6 heteroatoms. The van der Waals surface area contributed by atoms with Crippen molar-refractivity contribution in [1.29, 1.82) is 0 Å². The van der Waals surface area contributed by atoms with E-state index in [2.05, 4.69) is 0 Å². The molecule has 94 valence electrons. The van der Waals surface area contributed by atoms with E-state index in [4.69, 9.17) is 0 Å². The second-order valence-corrected chi connectivity index (χ2v) is 3.47. The molecule has 0 aromatic heterocycles. The topological polar surface area (TPSA) is 20.2 Å². The maximum atomic E-state index is 13.3. The Bertz CT molecular complexity index is 570. The molecule has 0 spiro atoms. The van der Waals surface area contributed by atoms with Gasteiger partial charge in [-0.05, 0) is 0 Å². The Labute approximate surface area is 98.2 Å². The number of hydrogen-bond donors (Lipinski definition) is 1. The van der Waals surface area contributed by atoms with E-state index in [9.17, 15) is 27.1 Å². The van der Waals surface area contributed by atoms with Crippen LogP contribution in [0, 0.1) is 29.1 Å². The molecular weight excluding hydrogens is 255 g/mol. The molecule has 0 fully saturated rings. The molecule has 0 atom stereocenters. The number of aliphatic hydroxyl groups is 1. The van der Waals surface area contributed by atoms with Gasteiger partial charge in [0, 0.05) is 5.57 Å². The molecule has 0 aliphatic heterocycles. The molecule has 1 aromatic carbocycles. The number of rotatable bonds is 1. The van der Waals surface area contributed by atoms with E-state index >= 15 is 0 Å². The van der Waals surface area contributed by atoms with Crippen molar-refractivity contribution in [3.05, 3.63) is 64.5 Å². The van der Waals surface area contributed by atoms with Crippen LogP contribution < -0.4 is 0 Å². The van der Waals surface area contributed by atoms with Crippen molar-refractivity contribution in [3.63, 3.8) is 0 Å². The lowest BCUT2D eigenvalue weighted by atomic mass is 10.1. The van der Waals surface area contributed by atoms with E-state index in [1.165, 1.54) is 24.3 Å². The fourth-order valence-corrected chi connectivity index (χ4v) is 1.49. The van der Waals surface area contributed by atoms with Crippen LogP contribution >= 0.6 is 0 Å². The largest absolute Gasteiger partial charge is 0.506 e. The molecule has 1 N–H and O–H groups in total. The van der Waals surface area contributed by atoms with Crippen LogP contribution in [-0.4, -0.2) is 5.11 Å². The number of aliphatic hydroxyl groups excluding tert-OH is 1. The monoisotopic (exact) mass is 260 g/mol. The summed E-state index contributed by atoms with van der Waals surface area (Å²) in [7, 11) is 0. The zero-order chi connectivity index (χ0) is 13.4. The molecule has 0 radical (unpaired) electrons. The van der Waals surface area contributed by atoms with Gasteiger partial charge in [0.1, 0.15) is 5.76 Å². The number of hydrogen-bond acceptors (Lipinski definition) is 1. The molecule has 0 unspecified atom stereocenters. The summed E-state index contributed by atoms with van der Waals surface area (Å²) in [5.74, 6) is -11.6. The zero-order valence-corrected chi connectivity index (χ0v) is 8.65. The highest BCUT2D eigenvalue weighted by atomic mass is 19.2. The van der Waals surface area contributed by atoms with E-state index < -0.39 is 40.4 Å². The van der Waals surface area contributed by atoms with Gasteiger partial charge in [-0.2, -0.15) is 0 Å². The second-order valence-electron chi connectivity index (χ2n) is 3.47. The molecular formula is C12H5F5O. The van der Waals surface area contributed by atoms with Crippen LogP contribution in [-0.2, 0) is 0 Å². The van der Waals surface area contributed by atoms with Crippen molar-refractivity contribution in [1.82, 2.24) is 0 Å². The highest BCUT2D eigenvalue weighted by Gasteiger charge is 2.28. The molecule has 0 saturated carbocycles. The molecule has 0 saturated heterocycles. The van der Waals surface area contributed by atoms with Crippen molar-refractivity contribution in [2.45, 2.75) is 0 Å². The predicted molar refractivity (Wildman–Crippen MR) is 54.1 cm³/mol. The van der Waals surface area contributed by atoms with E-state index in [1.807, 2.05) is 0 Å². The minimum atomic E-state index is -2.26. The quantitative estimate of drug-likeness (QED) is 0.352. The summed E-state index contributed by atoms with van der Waals surface area (Å²) in [6, 6.07) is 0. The molecule has 1 aliphatic carbocycles. The van der Waals surface area contributed by atoms with Gasteiger partial charge in [0.05, 0.1) is 5.56 Å². The van der Waals surface area contributed by atoms with Crippen LogP contribution in [0.3, 0.4) is 0 Å². The average molecular weight is 260 g/mol. The van der Waals surface area contributed by atoms with Gasteiger partial charge in [0.2, 0.25) is 5.82 Å². The molecule has 18 heavy (non-hydrogen) atoms. The molecule has 1 aromatic rings. The van der Waals surface area contributed by atoms with Crippen LogP contribution in [0.15, 0.2) is 29.9 Å². The van der Waals surface area contributed by atoms with Gasteiger partial charge in [0.15, 0.2) is 23.3 Å². The summed E-state index contributed by atoms with van der Waals surface area (Å²) in [6.07, 6.45) is 5.43. The fourth-order valence-electron chi connectivity index (χ4n) is 1.49. The van der Waals surface area contributed by atoms with E-state index in [-0.39, 0.29) is 5.57 Å². The van der Waals surface area contributed by atoms with Crippen LogP contribution in [0.5, 0.6) is 0 Å². The molecule has 1 aliphatic rings. The molecule has 0 bridgehead atoms. The van der Waals surface area contributed by atoms with Crippen LogP contribution in [0.2, 0.25) is 0 Å². The zero-order valence-electron chi connectivity index (χ0n) is 8.65. The summed E-state index contributed by atoms with van der Waals surface area (Å²) in [5, 5.41) is 9.56. The maximum Gasteiger partial charge on any atom is 0.200 e. The molecule has 1 nitrogen and oxygen atoms in total. The van der Waals surface area contributed by atoms with Crippen LogP contribution in [0.4, 0.5) is 22.0 Å². The minimum absolute atomic E-state index is 0.0433. The summed E-state index contributed by atoms with van der Waals surface area (Å²) >= 11 is 0.